The largest absolute Gasteiger partial charge is 0.503 e. The van der Waals surface area contributed by atoms with Gasteiger partial charge in [-0.15, -0.1) is 0 Å². The summed E-state index contributed by atoms with van der Waals surface area (Å²) < 4.78 is 170. The van der Waals surface area contributed by atoms with E-state index in [-0.39, 0.29) is 80.3 Å². The minimum Gasteiger partial charge on any atom is -0.503 e. The molecule has 4 saturated carbocycles. The molecule has 4 spiro atoms. The number of carboxylic acid groups (broad SMARTS) is 1. The Bertz CT molecular complexity index is 5720. The van der Waals surface area contributed by atoms with Gasteiger partial charge in [0.05, 0.1) is 41.0 Å². The number of pyridine rings is 3. The van der Waals surface area contributed by atoms with Crippen molar-refractivity contribution in [2.24, 2.45) is 29.6 Å². The van der Waals surface area contributed by atoms with Gasteiger partial charge in [-0.3, -0.25) is 57.5 Å². The van der Waals surface area contributed by atoms with Gasteiger partial charge >= 0.3 is 12.1 Å². The number of carboxylic acids is 1. The molecule has 13 aliphatic rings. The van der Waals surface area contributed by atoms with Crippen molar-refractivity contribution in [1.82, 2.24) is 49.3 Å². The number of aromatic nitrogens is 3. The number of aldehydes is 1. The fraction of sp³-hybridized carbons (Fsp3) is 0.466. The van der Waals surface area contributed by atoms with E-state index in [1.54, 1.807) is 14.4 Å². The lowest BCUT2D eigenvalue weighted by Gasteiger charge is -2.47. The zero-order chi connectivity index (χ0) is 92.0. The number of carbonyl (C=O) groups is 10. The number of aromatic hydroxyl groups is 2. The third kappa shape index (κ3) is 16.4. The number of ether oxygens (including phenoxy) is 2. The van der Waals surface area contributed by atoms with Crippen LogP contribution in [-0.4, -0.2) is 176 Å². The van der Waals surface area contributed by atoms with E-state index < -0.39 is 187 Å². The monoisotopic (exact) mass is 1800 g/mol. The second kappa shape index (κ2) is 34.6. The Balaban J connectivity index is 0.000000129. The molecule has 9 fully saturated rings. The van der Waals surface area contributed by atoms with Gasteiger partial charge in [0.25, 0.3) is 41.4 Å². The standard InChI is InChI=1S/C26H27F3N2O4.2C21H18F3N3O4.C18H22N2O5.C2HF3O/c1-2-3-6-35-23-21-15(11-26-5-4-14(10-26)13-31(26)25(21)34)7-17(22(23)32)24(33)30-12-18-19(28)8-16(27)9-20(18)29;2*22-11-3-14(23)12(15(24)4-11)6-25-19(30)13-8-26-9-21-2-1-10(5-21)7-27(21)20(31)16(26)18(29)17(13)28;1-2-3-6-25-15-13-16(22)20-8-11-4-5-18(20,7-11)10-19(13)9-12(14(15)21)17(23)24;3-2(4,5)1-6/h7-9,14-15H,2-6,10-13H2,1H3,(H,30,33);2*3-4,8,10,29H,1-2,5-7,9H2,(H,25,30);9,11H,2-8,10H2,1H3,(H,23,24);1H/t14-,15?,26+;2*10-,21+;11-,18+;/m0000./s1. The molecule has 11 heterocycles. The first-order chi connectivity index (χ1) is 60.7. The summed E-state index contributed by atoms with van der Waals surface area (Å²) in [5.74, 6) is -16.8. The van der Waals surface area contributed by atoms with E-state index in [1.807, 2.05) is 23.6 Å². The average molecular weight is 1800 g/mol. The summed E-state index contributed by atoms with van der Waals surface area (Å²) in [6.07, 6.45) is 14.4. The lowest BCUT2D eigenvalue weighted by molar-refractivity contribution is -0.156. The summed E-state index contributed by atoms with van der Waals surface area (Å²) in [7, 11) is 0. The van der Waals surface area contributed by atoms with Gasteiger partial charge < -0.3 is 74.0 Å². The second-order valence-corrected chi connectivity index (χ2v) is 35.0. The van der Waals surface area contributed by atoms with Crippen LogP contribution in [0.5, 0.6) is 17.2 Å². The number of Topliss-reactive ketones (excluding diaryl/α,β-unsaturated/α-hetero) is 1. The number of hydrogen-bond donors (Lipinski definition) is 6. The van der Waals surface area contributed by atoms with Crippen LogP contribution in [0.15, 0.2) is 92.4 Å². The van der Waals surface area contributed by atoms with Crippen LogP contribution in [0.2, 0.25) is 0 Å². The molecule has 40 heteroatoms. The molecule has 7 amide bonds. The predicted molar refractivity (Wildman–Crippen MR) is 422 cm³/mol. The zero-order valence-corrected chi connectivity index (χ0v) is 68.9. The first-order valence-corrected chi connectivity index (χ1v) is 41.9. The van der Waals surface area contributed by atoms with Crippen LogP contribution in [0.1, 0.15) is 202 Å². The molecule has 28 nitrogen and oxygen atoms in total. The van der Waals surface area contributed by atoms with Crippen molar-refractivity contribution >= 4 is 59.4 Å². The first kappa shape index (κ1) is 90.2. The molecule has 128 heavy (non-hydrogen) atoms. The lowest BCUT2D eigenvalue weighted by atomic mass is 9.73. The van der Waals surface area contributed by atoms with Crippen molar-refractivity contribution < 1.29 is 125 Å². The van der Waals surface area contributed by atoms with Crippen molar-refractivity contribution in [2.75, 3.05) is 39.4 Å². The first-order valence-electron chi connectivity index (χ1n) is 41.9. The van der Waals surface area contributed by atoms with Crippen LogP contribution in [-0.2, 0) is 63.2 Å². The Hall–Kier alpha value is -12.6. The molecule has 8 bridgehead atoms. The number of fused-ring (bicyclic) bond motifs is 8. The smallest absolute Gasteiger partial charge is 0.446 e. The van der Waals surface area contributed by atoms with Crippen LogP contribution in [0.3, 0.4) is 0 Å². The molecule has 6 aromatic rings. The fourth-order valence-corrected chi connectivity index (χ4v) is 21.1. The highest BCUT2D eigenvalue weighted by Crippen LogP contribution is 2.57. The molecular formula is C88H86F12N10O18. The maximum atomic E-state index is 14.0. The quantitative estimate of drug-likeness (QED) is 0.0202. The number of rotatable bonds is 18. The number of nitrogens with zero attached hydrogens (tertiary/aromatic N) is 7. The number of allylic oxidation sites excluding steroid dienone is 2. The SMILES string of the molecule is CCCCOC1=C2C(=O)N3C[C@H]4CC[C@]3(CC2C=C(C(=O)NCc2c(F)cc(F)cc2F)C1=O)C4.CCCCOc1c2n(cc(C(=O)O)c1=O)C[C@]13CC[C@H](CN1C2=O)C3.O=C(NCc1c(F)cc(F)cc1F)c1cn2c(c(O)c1=O)C(=O)N1C[C@H]3CC[C@@]1(C3)C2.O=C(NCc1c(F)cc(F)cc1F)c1cn2c(c(O)c1=O)C(=O)N1C[C@H]3CC[C@@]1(C3)C2.O=CC(F)(F)F. The van der Waals surface area contributed by atoms with Crippen molar-refractivity contribution in [1.29, 1.82) is 0 Å². The molecule has 0 radical (unpaired) electrons. The number of piperidine rings is 5. The highest BCUT2D eigenvalue weighted by molar-refractivity contribution is 6.27. The summed E-state index contributed by atoms with van der Waals surface area (Å²) >= 11 is 0. The summed E-state index contributed by atoms with van der Waals surface area (Å²) in [6, 6.07) is 2.99. The van der Waals surface area contributed by atoms with Crippen molar-refractivity contribution in [3.63, 3.8) is 0 Å². The Morgan fingerprint density at radius 2 is 0.805 bits per heavy atom. The van der Waals surface area contributed by atoms with Crippen LogP contribution in [0.25, 0.3) is 0 Å². The second-order valence-electron chi connectivity index (χ2n) is 35.0. The van der Waals surface area contributed by atoms with Crippen molar-refractivity contribution in [3.05, 3.63) is 211 Å². The van der Waals surface area contributed by atoms with E-state index in [4.69, 9.17) is 14.3 Å². The number of unbranched alkanes of at least 4 members (excludes halogenated alkanes) is 2. The molecule has 5 aliphatic carbocycles. The van der Waals surface area contributed by atoms with E-state index in [1.165, 1.54) is 33.8 Å². The Morgan fingerprint density at radius 3 is 1.16 bits per heavy atom. The molecule has 3 aromatic carbocycles. The molecule has 6 N–H and O–H groups in total. The molecule has 8 aliphatic heterocycles. The Morgan fingerprint density at radius 1 is 0.469 bits per heavy atom. The predicted octanol–water partition coefficient (Wildman–Crippen LogP) is 10.0. The number of carbonyl (C=O) groups excluding carboxylic acids is 9. The van der Waals surface area contributed by atoms with Gasteiger partial charge in [-0.05, 0) is 120 Å². The molecule has 19 rings (SSSR count). The third-order valence-corrected chi connectivity index (χ3v) is 27.0. The number of nitrogens with one attached hydrogen (secondary N) is 3. The number of amides is 7. The maximum absolute atomic E-state index is 14.0. The van der Waals surface area contributed by atoms with E-state index >= 15 is 0 Å². The average Bonchev–Trinajstić information content (AvgIpc) is 1.56. The topological polar surface area (TPSA) is 365 Å². The van der Waals surface area contributed by atoms with Crippen LogP contribution < -0.4 is 37.0 Å². The number of ketones is 1. The normalized spacial score (nSPS) is 24.6. The van der Waals surface area contributed by atoms with E-state index in [0.717, 1.165) is 103 Å². The molecule has 680 valence electrons. The number of aromatic carboxylic acids is 1. The Labute approximate surface area is 719 Å². The van der Waals surface area contributed by atoms with Gasteiger partial charge in [-0.25, -0.2) is 44.3 Å². The molecule has 5 saturated heterocycles. The van der Waals surface area contributed by atoms with E-state index in [2.05, 4.69) is 16.0 Å². The summed E-state index contributed by atoms with van der Waals surface area (Å²) in [6.45, 7) is 6.48. The van der Waals surface area contributed by atoms with Crippen molar-refractivity contribution in [3.8, 4) is 17.2 Å². The number of halogens is 12. The molecule has 9 atom stereocenters. The number of alkyl halides is 3. The molecular weight excluding hydrogens is 1710 g/mol. The summed E-state index contributed by atoms with van der Waals surface area (Å²) in [5.41, 5.74) is -6.93. The van der Waals surface area contributed by atoms with E-state index in [9.17, 15) is 126 Å². The van der Waals surface area contributed by atoms with Crippen LogP contribution >= 0.6 is 0 Å². The Kier molecular flexibility index (Phi) is 24.4. The number of hydrogen-bond acceptors (Lipinski definition) is 17. The van der Waals surface area contributed by atoms with Crippen LogP contribution in [0.4, 0.5) is 52.7 Å². The molecule has 1 unspecified atom stereocenters. The maximum Gasteiger partial charge on any atom is 0.446 e. The van der Waals surface area contributed by atoms with Gasteiger partial charge in [-0.1, -0.05) is 32.8 Å². The van der Waals surface area contributed by atoms with Crippen LogP contribution in [0, 0.1) is 81.9 Å². The highest BCUT2D eigenvalue weighted by atomic mass is 19.4. The minimum absolute atomic E-state index is 0.0992. The van der Waals surface area contributed by atoms with Crippen molar-refractivity contribution in [2.45, 2.75) is 191 Å². The lowest BCUT2D eigenvalue weighted by Crippen LogP contribution is -2.55. The van der Waals surface area contributed by atoms with Gasteiger partial charge in [0, 0.05) is 149 Å². The summed E-state index contributed by atoms with van der Waals surface area (Å²) in [4.78, 5) is 169. The zero-order valence-electron chi connectivity index (χ0n) is 68.9. The summed E-state index contributed by atoms with van der Waals surface area (Å²) in [5, 5.41) is 37.0. The third-order valence-electron chi connectivity index (χ3n) is 27.0. The van der Waals surface area contributed by atoms with Gasteiger partial charge in [0.15, 0.2) is 40.1 Å². The number of benzene rings is 3. The van der Waals surface area contributed by atoms with Gasteiger partial charge in [0.2, 0.25) is 28.4 Å². The molecule has 3 aromatic heterocycles. The minimum atomic E-state index is -4.64. The fourth-order valence-electron chi connectivity index (χ4n) is 21.1. The van der Waals surface area contributed by atoms with E-state index in [0.29, 0.717) is 124 Å². The van der Waals surface area contributed by atoms with Gasteiger partial charge in [-0.2, -0.15) is 13.2 Å². The van der Waals surface area contributed by atoms with Gasteiger partial charge in [0.1, 0.15) is 69.0 Å². The highest BCUT2D eigenvalue weighted by Gasteiger charge is 2.62.